The number of hydrogen-bond acceptors (Lipinski definition) is 10. The van der Waals surface area contributed by atoms with Gasteiger partial charge in [0.05, 0.1) is 24.6 Å². The molecule has 4 aromatic rings. The van der Waals surface area contributed by atoms with E-state index in [0.717, 1.165) is 49.2 Å². The third kappa shape index (κ3) is 7.18. The van der Waals surface area contributed by atoms with Crippen molar-refractivity contribution in [2.24, 2.45) is 5.92 Å². The number of rotatable bonds is 10. The Morgan fingerprint density at radius 1 is 1.02 bits per heavy atom. The van der Waals surface area contributed by atoms with Crippen LogP contribution in [0.15, 0.2) is 61.2 Å². The number of halogens is 1. The van der Waals surface area contributed by atoms with Gasteiger partial charge in [-0.3, -0.25) is 4.90 Å². The van der Waals surface area contributed by atoms with E-state index in [9.17, 15) is 14.4 Å². The Kier molecular flexibility index (Phi) is 9.54. The van der Waals surface area contributed by atoms with E-state index in [1.54, 1.807) is 54.0 Å². The number of urea groups is 1. The zero-order valence-electron chi connectivity index (χ0n) is 25.5. The van der Waals surface area contributed by atoms with E-state index in [2.05, 4.69) is 46.9 Å². The predicted octanol–water partition coefficient (Wildman–Crippen LogP) is 4.25. The molecule has 4 heterocycles. The van der Waals surface area contributed by atoms with E-state index in [0.29, 0.717) is 41.7 Å². The summed E-state index contributed by atoms with van der Waals surface area (Å²) in [5, 5.41) is 19.1. The normalized spacial score (nSPS) is 17.8. The van der Waals surface area contributed by atoms with Crippen molar-refractivity contribution >= 4 is 17.8 Å². The Hall–Kier alpha value is -5.22. The lowest BCUT2D eigenvalue weighted by Crippen LogP contribution is -2.49. The Balaban J connectivity index is 1.15. The summed E-state index contributed by atoms with van der Waals surface area (Å²) in [7, 11) is 1.51. The van der Waals surface area contributed by atoms with E-state index < -0.39 is 0 Å². The number of carbonyl (C=O) groups is 1. The molecule has 1 aliphatic heterocycles. The number of nitriles is 1. The molecule has 0 radical (unpaired) electrons. The molecular formula is C33H35FN10O2. The molecule has 0 atom stereocenters. The molecule has 12 nitrogen and oxygen atoms in total. The number of amides is 2. The third-order valence-electron chi connectivity index (χ3n) is 8.48. The van der Waals surface area contributed by atoms with Crippen LogP contribution in [0.2, 0.25) is 0 Å². The molecule has 2 fully saturated rings. The van der Waals surface area contributed by atoms with Gasteiger partial charge in [-0.25, -0.2) is 34.1 Å². The lowest BCUT2D eigenvalue weighted by Gasteiger charge is -2.36. The van der Waals surface area contributed by atoms with Crippen LogP contribution in [0, 0.1) is 23.1 Å². The highest BCUT2D eigenvalue weighted by Gasteiger charge is 2.31. The summed E-state index contributed by atoms with van der Waals surface area (Å²) in [5.74, 6) is 1.12. The first kappa shape index (κ1) is 30.8. The second-order valence-corrected chi connectivity index (χ2v) is 11.5. The average Bonchev–Trinajstić information content (AvgIpc) is 3.07. The fourth-order valence-electron chi connectivity index (χ4n) is 5.79. The average molecular weight is 623 g/mol. The first-order valence-corrected chi connectivity index (χ1v) is 15.4. The molecule has 0 unspecified atom stereocenters. The zero-order chi connectivity index (χ0) is 31.9. The molecule has 1 aliphatic carbocycles. The van der Waals surface area contributed by atoms with E-state index in [-0.39, 0.29) is 36.5 Å². The lowest BCUT2D eigenvalue weighted by atomic mass is 9.90. The highest BCUT2D eigenvalue weighted by molar-refractivity contribution is 5.91. The van der Waals surface area contributed by atoms with Crippen LogP contribution in [-0.2, 0) is 13.0 Å². The molecule has 0 bridgehead atoms. The number of nitrogens with one attached hydrogen (secondary N) is 3. The topological polar surface area (TPSA) is 154 Å². The standard InChI is InChI=1S/C33H35FN10O2/c1-46-32-39-19-25(20-40-32)22-6-11-30(37-16-22)44(33(45)41-17-23-4-2-3-5-28(23)34)27-9-7-26(8-10-27)42-31-38-18-24(13-35)29(43-31)12-21-14-36-15-21/h2-6,11,16,18-21,26-27,36H,7-10,12,14-15,17H2,1H3,(H,41,45)(H,38,42,43). The van der Waals surface area contributed by atoms with Crippen molar-refractivity contribution in [2.45, 2.75) is 50.7 Å². The molecule has 1 aromatic carbocycles. The SMILES string of the molecule is COc1ncc(-c2ccc(N(C(=O)NCc3ccccc3F)C3CCC(Nc4ncc(C#N)c(CC5CNC5)n4)CC3)nc2)cn1. The molecule has 13 heteroatoms. The van der Waals surface area contributed by atoms with Gasteiger partial charge in [-0.1, -0.05) is 18.2 Å². The van der Waals surface area contributed by atoms with Crippen LogP contribution in [0.1, 0.15) is 42.5 Å². The van der Waals surface area contributed by atoms with Crippen LogP contribution in [-0.4, -0.2) is 63.2 Å². The maximum absolute atomic E-state index is 14.3. The Bertz CT molecular complexity index is 1680. The minimum atomic E-state index is -0.373. The van der Waals surface area contributed by atoms with Crippen LogP contribution in [0.25, 0.3) is 11.1 Å². The summed E-state index contributed by atoms with van der Waals surface area (Å²) < 4.78 is 19.4. The van der Waals surface area contributed by atoms with Gasteiger partial charge in [-0.2, -0.15) is 5.26 Å². The molecule has 3 aromatic heterocycles. The molecule has 1 saturated carbocycles. The van der Waals surface area contributed by atoms with E-state index in [1.807, 2.05) is 6.07 Å². The van der Waals surface area contributed by atoms with Crippen LogP contribution >= 0.6 is 0 Å². The number of ether oxygens (including phenoxy) is 1. The minimum absolute atomic E-state index is 0.0511. The monoisotopic (exact) mass is 622 g/mol. The van der Waals surface area contributed by atoms with Gasteiger partial charge in [0, 0.05) is 53.9 Å². The van der Waals surface area contributed by atoms with Crippen molar-refractivity contribution in [1.29, 1.82) is 5.26 Å². The highest BCUT2D eigenvalue weighted by atomic mass is 19.1. The van der Waals surface area contributed by atoms with Gasteiger partial charge in [0.1, 0.15) is 17.7 Å². The fourth-order valence-corrected chi connectivity index (χ4v) is 5.79. The summed E-state index contributed by atoms with van der Waals surface area (Å²) in [6, 6.07) is 12.2. The van der Waals surface area contributed by atoms with Gasteiger partial charge < -0.3 is 20.7 Å². The summed E-state index contributed by atoms with van der Waals surface area (Å²) in [4.78, 5) is 37.4. The number of pyridine rings is 1. The Labute approximate surface area is 266 Å². The second kappa shape index (κ2) is 14.3. The quantitative estimate of drug-likeness (QED) is 0.234. The van der Waals surface area contributed by atoms with Crippen molar-refractivity contribution < 1.29 is 13.9 Å². The van der Waals surface area contributed by atoms with Gasteiger partial charge in [0.15, 0.2) is 0 Å². The largest absolute Gasteiger partial charge is 0.467 e. The number of hydrogen-bond donors (Lipinski definition) is 3. The highest BCUT2D eigenvalue weighted by Crippen LogP contribution is 2.30. The van der Waals surface area contributed by atoms with Gasteiger partial charge in [0.25, 0.3) is 0 Å². The van der Waals surface area contributed by atoms with E-state index >= 15 is 0 Å². The number of nitrogens with zero attached hydrogens (tertiary/aromatic N) is 7. The van der Waals surface area contributed by atoms with Crippen molar-refractivity contribution in [3.05, 3.63) is 83.8 Å². The number of methoxy groups -OCH3 is 1. The smallest absolute Gasteiger partial charge is 0.323 e. The molecule has 2 amide bonds. The van der Waals surface area contributed by atoms with E-state index in [1.165, 1.54) is 13.2 Å². The maximum Gasteiger partial charge on any atom is 0.323 e. The molecule has 1 saturated heterocycles. The maximum atomic E-state index is 14.3. The van der Waals surface area contributed by atoms with E-state index in [4.69, 9.17) is 4.74 Å². The van der Waals surface area contributed by atoms with Gasteiger partial charge in [-0.15, -0.1) is 0 Å². The molecule has 46 heavy (non-hydrogen) atoms. The first-order valence-electron chi connectivity index (χ1n) is 15.4. The number of anilines is 2. The zero-order valence-corrected chi connectivity index (χ0v) is 25.5. The van der Waals surface area contributed by atoms with Gasteiger partial charge in [0.2, 0.25) is 5.95 Å². The summed E-state index contributed by atoms with van der Waals surface area (Å²) in [6.07, 6.45) is 10.3. The number of benzene rings is 1. The summed E-state index contributed by atoms with van der Waals surface area (Å²) in [6.45, 7) is 1.91. The molecule has 236 valence electrons. The van der Waals surface area contributed by atoms with Crippen LogP contribution in [0.3, 0.4) is 0 Å². The minimum Gasteiger partial charge on any atom is -0.467 e. The van der Waals surface area contributed by atoms with Crippen LogP contribution in [0.4, 0.5) is 21.0 Å². The molecular weight excluding hydrogens is 587 g/mol. The molecule has 0 spiro atoms. The molecule has 6 rings (SSSR count). The number of carbonyl (C=O) groups excluding carboxylic acids is 1. The van der Waals surface area contributed by atoms with Crippen molar-refractivity contribution in [1.82, 2.24) is 35.6 Å². The summed E-state index contributed by atoms with van der Waals surface area (Å²) in [5.41, 5.74) is 3.24. The molecule has 2 aliphatic rings. The van der Waals surface area contributed by atoms with Crippen LogP contribution in [0.5, 0.6) is 6.01 Å². The second-order valence-electron chi connectivity index (χ2n) is 11.5. The summed E-state index contributed by atoms with van der Waals surface area (Å²) >= 11 is 0. The van der Waals surface area contributed by atoms with Crippen molar-refractivity contribution in [3.8, 4) is 23.2 Å². The third-order valence-corrected chi connectivity index (χ3v) is 8.48. The van der Waals surface area contributed by atoms with Gasteiger partial charge >= 0.3 is 12.0 Å². The lowest BCUT2D eigenvalue weighted by molar-refractivity contribution is 0.240. The van der Waals surface area contributed by atoms with Crippen molar-refractivity contribution in [2.75, 3.05) is 30.4 Å². The predicted molar refractivity (Wildman–Crippen MR) is 169 cm³/mol. The van der Waals surface area contributed by atoms with Gasteiger partial charge in [-0.05, 0) is 69.3 Å². The Morgan fingerprint density at radius 2 is 1.78 bits per heavy atom. The fraction of sp³-hybridized carbons (Fsp3) is 0.364. The van der Waals surface area contributed by atoms with Crippen LogP contribution < -0.4 is 25.6 Å². The first-order chi connectivity index (χ1) is 22.5. The molecule has 3 N–H and O–H groups in total. The number of aromatic nitrogens is 5. The van der Waals surface area contributed by atoms with Crippen molar-refractivity contribution in [3.63, 3.8) is 0 Å². The Morgan fingerprint density at radius 3 is 2.43 bits per heavy atom.